The molecule has 1 aliphatic rings. The maximum atomic E-state index is 14.0. The Kier molecular flexibility index (Phi) is 5.48. The van der Waals surface area contributed by atoms with E-state index in [4.69, 9.17) is 4.74 Å². The highest BCUT2D eigenvalue weighted by atomic mass is 19.2. The number of hydrogen-bond donors (Lipinski definition) is 1. The van der Waals surface area contributed by atoms with E-state index >= 15 is 0 Å². The monoisotopic (exact) mass is 435 g/mol. The number of methoxy groups -OCH3 is 1. The van der Waals surface area contributed by atoms with Gasteiger partial charge in [0.1, 0.15) is 11.5 Å². The second kappa shape index (κ2) is 8.26. The van der Waals surface area contributed by atoms with Crippen LogP contribution in [0.4, 0.5) is 14.5 Å². The number of aryl methyl sites for hydroxylation is 1. The largest absolute Gasteiger partial charge is 0.507 e. The summed E-state index contributed by atoms with van der Waals surface area (Å²) in [4.78, 5) is 27.2. The van der Waals surface area contributed by atoms with Crippen LogP contribution in [0.5, 0.6) is 5.75 Å². The number of hydrogen-bond acceptors (Lipinski definition) is 4. The molecule has 1 heterocycles. The lowest BCUT2D eigenvalue weighted by atomic mass is 9.94. The van der Waals surface area contributed by atoms with E-state index in [-0.39, 0.29) is 22.6 Å². The van der Waals surface area contributed by atoms with Crippen LogP contribution < -0.4 is 9.64 Å². The predicted molar refractivity (Wildman–Crippen MR) is 115 cm³/mol. The lowest BCUT2D eigenvalue weighted by Crippen LogP contribution is -2.29. The number of aliphatic hydroxyl groups excluding tert-OH is 1. The molecule has 32 heavy (non-hydrogen) atoms. The Hall–Kier alpha value is -4.00. The third-order valence-corrected chi connectivity index (χ3v) is 5.33. The molecule has 0 bridgehead atoms. The van der Waals surface area contributed by atoms with Crippen LogP contribution in [0.15, 0.2) is 72.3 Å². The van der Waals surface area contributed by atoms with Crippen molar-refractivity contribution >= 4 is 23.1 Å². The zero-order valence-electron chi connectivity index (χ0n) is 17.3. The molecule has 162 valence electrons. The van der Waals surface area contributed by atoms with Gasteiger partial charge < -0.3 is 9.84 Å². The van der Waals surface area contributed by atoms with Gasteiger partial charge in [-0.15, -0.1) is 0 Å². The molecule has 5 nitrogen and oxygen atoms in total. The Morgan fingerprint density at radius 1 is 0.969 bits per heavy atom. The molecule has 1 atom stereocenters. The second-order valence-electron chi connectivity index (χ2n) is 7.41. The lowest BCUT2D eigenvalue weighted by molar-refractivity contribution is -0.132. The molecule has 1 N–H and O–H groups in total. The van der Waals surface area contributed by atoms with E-state index in [1.165, 1.54) is 19.2 Å². The molecule has 3 aromatic carbocycles. The molecule has 1 aliphatic heterocycles. The Bertz CT molecular complexity index is 1270. The van der Waals surface area contributed by atoms with Crippen LogP contribution in [0.25, 0.3) is 5.76 Å². The van der Waals surface area contributed by atoms with Crippen molar-refractivity contribution < 1.29 is 28.2 Å². The zero-order chi connectivity index (χ0) is 23.0. The number of Topliss-reactive ketones (excluding diaryl/α,β-unsaturated/α-hetero) is 1. The third-order valence-electron chi connectivity index (χ3n) is 5.33. The van der Waals surface area contributed by atoms with Gasteiger partial charge in [-0.05, 0) is 36.8 Å². The molecule has 0 aliphatic carbocycles. The summed E-state index contributed by atoms with van der Waals surface area (Å²) in [6.45, 7) is 1.84. The normalized spacial score (nSPS) is 17.6. The van der Waals surface area contributed by atoms with Crippen LogP contribution in [0.1, 0.15) is 22.7 Å². The first-order chi connectivity index (χ1) is 15.3. The molecule has 0 aromatic heterocycles. The van der Waals surface area contributed by atoms with E-state index < -0.39 is 29.4 Å². The van der Waals surface area contributed by atoms with Gasteiger partial charge in [-0.3, -0.25) is 14.5 Å². The van der Waals surface area contributed by atoms with E-state index in [1.807, 2.05) is 13.0 Å². The Morgan fingerprint density at radius 3 is 2.41 bits per heavy atom. The lowest BCUT2D eigenvalue weighted by Gasteiger charge is -2.25. The molecular weight excluding hydrogens is 416 g/mol. The van der Waals surface area contributed by atoms with Crippen molar-refractivity contribution in [1.29, 1.82) is 0 Å². The number of amides is 1. The van der Waals surface area contributed by atoms with Crippen molar-refractivity contribution in [2.24, 2.45) is 0 Å². The number of ketones is 1. The molecule has 1 fully saturated rings. The van der Waals surface area contributed by atoms with Crippen molar-refractivity contribution in [3.05, 3.63) is 101 Å². The van der Waals surface area contributed by atoms with Crippen LogP contribution in [-0.2, 0) is 9.59 Å². The quantitative estimate of drug-likeness (QED) is 0.359. The minimum Gasteiger partial charge on any atom is -0.507 e. The molecule has 7 heteroatoms. The number of halogens is 2. The van der Waals surface area contributed by atoms with Crippen molar-refractivity contribution in [3.8, 4) is 5.75 Å². The van der Waals surface area contributed by atoms with Gasteiger partial charge in [0.2, 0.25) is 0 Å². The van der Waals surface area contributed by atoms with Gasteiger partial charge in [0, 0.05) is 17.3 Å². The summed E-state index contributed by atoms with van der Waals surface area (Å²) in [5.41, 5.74) is 1.53. The average molecular weight is 435 g/mol. The van der Waals surface area contributed by atoms with Crippen LogP contribution >= 0.6 is 0 Å². The second-order valence-corrected chi connectivity index (χ2v) is 7.41. The van der Waals surface area contributed by atoms with E-state index in [0.29, 0.717) is 11.3 Å². The number of ether oxygens (including phenoxy) is 1. The van der Waals surface area contributed by atoms with Gasteiger partial charge in [0.25, 0.3) is 11.7 Å². The number of anilines is 1. The fraction of sp³-hybridized carbons (Fsp3) is 0.120. The highest BCUT2D eigenvalue weighted by molar-refractivity contribution is 6.51. The van der Waals surface area contributed by atoms with Gasteiger partial charge in [-0.2, -0.15) is 0 Å². The number of benzene rings is 3. The van der Waals surface area contributed by atoms with Crippen LogP contribution in [0.2, 0.25) is 0 Å². The summed E-state index contributed by atoms with van der Waals surface area (Å²) in [5, 5.41) is 11.1. The van der Waals surface area contributed by atoms with E-state index in [2.05, 4.69) is 0 Å². The Labute approximate surface area is 183 Å². The first-order valence-electron chi connectivity index (χ1n) is 9.79. The van der Waals surface area contributed by atoms with Gasteiger partial charge >= 0.3 is 0 Å². The standard InChI is InChI=1S/C25H19F2NO4/c1-14-5-3-6-15(11-14)22-21(23(29)16-7-4-8-18(12-16)32-2)24(30)25(31)28(22)17-9-10-19(26)20(27)13-17/h3-13,22,29H,1-2H3/b23-21+. The number of rotatable bonds is 4. The molecule has 0 radical (unpaired) electrons. The molecule has 3 aromatic rings. The maximum absolute atomic E-state index is 14.0. The topological polar surface area (TPSA) is 66.8 Å². The van der Waals surface area contributed by atoms with E-state index in [1.54, 1.807) is 36.4 Å². The van der Waals surface area contributed by atoms with Crippen molar-refractivity contribution in [2.45, 2.75) is 13.0 Å². The minimum absolute atomic E-state index is 0.00204. The summed E-state index contributed by atoms with van der Waals surface area (Å²) >= 11 is 0. The predicted octanol–water partition coefficient (Wildman–Crippen LogP) is 4.91. The van der Waals surface area contributed by atoms with Gasteiger partial charge in [-0.25, -0.2) is 8.78 Å². The smallest absolute Gasteiger partial charge is 0.300 e. The first-order valence-corrected chi connectivity index (χ1v) is 9.79. The van der Waals surface area contributed by atoms with Crippen LogP contribution in [-0.4, -0.2) is 23.9 Å². The fourth-order valence-electron chi connectivity index (χ4n) is 3.82. The highest BCUT2D eigenvalue weighted by Crippen LogP contribution is 2.42. The molecular formula is C25H19F2NO4. The first kappa shape index (κ1) is 21.2. The van der Waals surface area contributed by atoms with Crippen molar-refractivity contribution in [2.75, 3.05) is 12.0 Å². The van der Waals surface area contributed by atoms with Gasteiger partial charge in [0.05, 0.1) is 18.7 Å². The number of carbonyl (C=O) groups excluding carboxylic acids is 2. The summed E-state index contributed by atoms with van der Waals surface area (Å²) in [6, 6.07) is 15.4. The molecule has 1 saturated heterocycles. The molecule has 4 rings (SSSR count). The summed E-state index contributed by atoms with van der Waals surface area (Å²) < 4.78 is 32.7. The van der Waals surface area contributed by atoms with Gasteiger partial charge in [0.15, 0.2) is 11.6 Å². The maximum Gasteiger partial charge on any atom is 0.300 e. The summed E-state index contributed by atoms with van der Waals surface area (Å²) in [5.74, 6) is -4.04. The third kappa shape index (κ3) is 3.62. The highest BCUT2D eigenvalue weighted by Gasteiger charge is 2.47. The Morgan fingerprint density at radius 2 is 1.72 bits per heavy atom. The Balaban J connectivity index is 1.96. The van der Waals surface area contributed by atoms with Crippen LogP contribution in [0, 0.1) is 18.6 Å². The fourth-order valence-corrected chi connectivity index (χ4v) is 3.82. The average Bonchev–Trinajstić information content (AvgIpc) is 3.06. The summed E-state index contributed by atoms with van der Waals surface area (Å²) in [6.07, 6.45) is 0. The number of carbonyl (C=O) groups is 2. The molecule has 0 spiro atoms. The van der Waals surface area contributed by atoms with Gasteiger partial charge in [-0.1, -0.05) is 42.0 Å². The molecule has 1 amide bonds. The molecule has 0 saturated carbocycles. The number of nitrogens with zero attached hydrogens (tertiary/aromatic N) is 1. The molecule has 1 unspecified atom stereocenters. The SMILES string of the molecule is COc1cccc(/C(O)=C2\C(=O)C(=O)N(c3ccc(F)c(F)c3)C2c2cccc(C)c2)c1. The summed E-state index contributed by atoms with van der Waals surface area (Å²) in [7, 11) is 1.47. The zero-order valence-corrected chi connectivity index (χ0v) is 17.3. The number of aliphatic hydroxyl groups is 1. The van der Waals surface area contributed by atoms with E-state index in [9.17, 15) is 23.5 Å². The van der Waals surface area contributed by atoms with Crippen LogP contribution in [0.3, 0.4) is 0 Å². The van der Waals surface area contributed by atoms with E-state index in [0.717, 1.165) is 22.6 Å². The minimum atomic E-state index is -1.15. The van der Waals surface area contributed by atoms with Crippen molar-refractivity contribution in [3.63, 3.8) is 0 Å². The van der Waals surface area contributed by atoms with Crippen molar-refractivity contribution in [1.82, 2.24) is 0 Å².